The van der Waals surface area contributed by atoms with Crippen molar-refractivity contribution < 1.29 is 14.3 Å². The maximum Gasteiger partial charge on any atom is 0.373 e. The second-order valence-electron chi connectivity index (χ2n) is 3.14. The van der Waals surface area contributed by atoms with E-state index in [1.807, 2.05) is 20.8 Å². The predicted octanol–water partition coefficient (Wildman–Crippen LogP) is 2.06. The van der Waals surface area contributed by atoms with Crippen molar-refractivity contribution in [3.63, 3.8) is 0 Å². The molecule has 0 aromatic carbocycles. The molecule has 72 valence electrons. The standard InChI is InChI=1S/C9H13NO3/c1-4-6-10-7(5(2)3)8(13-6)9(11)12/h5H,4H2,1-3H3,(H,11,12). The summed E-state index contributed by atoms with van der Waals surface area (Å²) in [5, 5.41) is 8.79. The van der Waals surface area contributed by atoms with E-state index in [1.54, 1.807) is 0 Å². The van der Waals surface area contributed by atoms with Crippen LogP contribution in [0.4, 0.5) is 0 Å². The predicted molar refractivity (Wildman–Crippen MR) is 46.9 cm³/mol. The van der Waals surface area contributed by atoms with Crippen molar-refractivity contribution in [2.75, 3.05) is 0 Å². The van der Waals surface area contributed by atoms with Gasteiger partial charge in [-0.2, -0.15) is 0 Å². The van der Waals surface area contributed by atoms with Gasteiger partial charge in [0.25, 0.3) is 0 Å². The zero-order valence-corrected chi connectivity index (χ0v) is 8.00. The highest BCUT2D eigenvalue weighted by molar-refractivity contribution is 5.85. The summed E-state index contributed by atoms with van der Waals surface area (Å²) in [6.07, 6.45) is 0.618. The number of rotatable bonds is 3. The van der Waals surface area contributed by atoms with Crippen LogP contribution >= 0.6 is 0 Å². The molecule has 0 aliphatic rings. The normalized spacial score (nSPS) is 10.8. The van der Waals surface area contributed by atoms with Crippen LogP contribution in [0.1, 0.15) is 48.8 Å². The Morgan fingerprint density at radius 1 is 1.62 bits per heavy atom. The summed E-state index contributed by atoms with van der Waals surface area (Å²) >= 11 is 0. The van der Waals surface area contributed by atoms with E-state index in [-0.39, 0.29) is 11.7 Å². The van der Waals surface area contributed by atoms with Gasteiger partial charge in [-0.1, -0.05) is 20.8 Å². The molecule has 0 unspecified atom stereocenters. The van der Waals surface area contributed by atoms with Crippen molar-refractivity contribution in [3.8, 4) is 0 Å². The van der Waals surface area contributed by atoms with E-state index in [0.29, 0.717) is 18.0 Å². The minimum Gasteiger partial charge on any atom is -0.475 e. The molecular formula is C9H13NO3. The van der Waals surface area contributed by atoms with Gasteiger partial charge >= 0.3 is 5.97 Å². The minimum atomic E-state index is -1.05. The highest BCUT2D eigenvalue weighted by Crippen LogP contribution is 2.20. The molecule has 0 saturated heterocycles. The number of oxazole rings is 1. The lowest BCUT2D eigenvalue weighted by Gasteiger charge is -1.98. The molecule has 0 aliphatic carbocycles. The number of hydrogen-bond acceptors (Lipinski definition) is 3. The second kappa shape index (κ2) is 3.60. The van der Waals surface area contributed by atoms with Crippen LogP contribution in [-0.2, 0) is 6.42 Å². The van der Waals surface area contributed by atoms with Gasteiger partial charge in [0.2, 0.25) is 5.76 Å². The number of aromatic nitrogens is 1. The Bertz CT molecular complexity index is 315. The molecule has 1 aromatic rings. The van der Waals surface area contributed by atoms with E-state index in [2.05, 4.69) is 4.98 Å². The van der Waals surface area contributed by atoms with Crippen LogP contribution in [0, 0.1) is 0 Å². The van der Waals surface area contributed by atoms with Gasteiger partial charge in [-0.3, -0.25) is 0 Å². The number of carboxylic acid groups (broad SMARTS) is 1. The third kappa shape index (κ3) is 1.88. The van der Waals surface area contributed by atoms with Crippen LogP contribution in [0.25, 0.3) is 0 Å². The molecule has 1 N–H and O–H groups in total. The van der Waals surface area contributed by atoms with Crippen LogP contribution in [0.5, 0.6) is 0 Å². The van der Waals surface area contributed by atoms with Crippen LogP contribution in [0.15, 0.2) is 4.42 Å². The maximum absolute atomic E-state index is 10.7. The van der Waals surface area contributed by atoms with E-state index in [4.69, 9.17) is 9.52 Å². The lowest BCUT2D eigenvalue weighted by molar-refractivity contribution is 0.0658. The average molecular weight is 183 g/mol. The van der Waals surface area contributed by atoms with E-state index in [9.17, 15) is 4.79 Å². The monoisotopic (exact) mass is 183 g/mol. The van der Waals surface area contributed by atoms with Crippen LogP contribution in [0.3, 0.4) is 0 Å². The highest BCUT2D eigenvalue weighted by Gasteiger charge is 2.20. The first kappa shape index (κ1) is 9.77. The largest absolute Gasteiger partial charge is 0.475 e. The van der Waals surface area contributed by atoms with Gasteiger partial charge in [0.1, 0.15) is 0 Å². The zero-order valence-electron chi connectivity index (χ0n) is 8.00. The molecule has 0 saturated carbocycles. The van der Waals surface area contributed by atoms with Gasteiger partial charge in [0.05, 0.1) is 5.69 Å². The van der Waals surface area contributed by atoms with Crippen LogP contribution < -0.4 is 0 Å². The SMILES string of the molecule is CCc1nc(C(C)C)c(C(=O)O)o1. The molecule has 0 radical (unpaired) electrons. The summed E-state index contributed by atoms with van der Waals surface area (Å²) in [5.41, 5.74) is 0.532. The molecule has 0 bridgehead atoms. The summed E-state index contributed by atoms with van der Waals surface area (Å²) in [7, 11) is 0. The molecular weight excluding hydrogens is 170 g/mol. The molecule has 0 amide bonds. The van der Waals surface area contributed by atoms with Crippen molar-refractivity contribution in [2.45, 2.75) is 33.1 Å². The smallest absolute Gasteiger partial charge is 0.373 e. The Kier molecular flexibility index (Phi) is 2.70. The molecule has 0 atom stereocenters. The number of aromatic carboxylic acids is 1. The third-order valence-electron chi connectivity index (χ3n) is 1.74. The minimum absolute atomic E-state index is 0.0214. The third-order valence-corrected chi connectivity index (χ3v) is 1.74. The van der Waals surface area contributed by atoms with Gasteiger partial charge in [-0.05, 0) is 5.92 Å². The van der Waals surface area contributed by atoms with Crippen LogP contribution in [-0.4, -0.2) is 16.1 Å². The number of aryl methyl sites for hydroxylation is 1. The summed E-state index contributed by atoms with van der Waals surface area (Å²) in [6, 6.07) is 0. The van der Waals surface area contributed by atoms with Crippen molar-refractivity contribution in [1.29, 1.82) is 0 Å². The van der Waals surface area contributed by atoms with Gasteiger partial charge in [0.15, 0.2) is 5.89 Å². The first-order chi connectivity index (χ1) is 6.06. The van der Waals surface area contributed by atoms with E-state index in [1.165, 1.54) is 0 Å². The van der Waals surface area contributed by atoms with Gasteiger partial charge in [-0.25, -0.2) is 9.78 Å². The summed E-state index contributed by atoms with van der Waals surface area (Å²) in [5.74, 6) is -0.501. The van der Waals surface area contributed by atoms with E-state index < -0.39 is 5.97 Å². The van der Waals surface area contributed by atoms with Crippen LogP contribution in [0.2, 0.25) is 0 Å². The van der Waals surface area contributed by atoms with E-state index >= 15 is 0 Å². The molecule has 1 rings (SSSR count). The highest BCUT2D eigenvalue weighted by atomic mass is 16.4. The van der Waals surface area contributed by atoms with Crippen molar-refractivity contribution >= 4 is 5.97 Å². The Morgan fingerprint density at radius 3 is 2.54 bits per heavy atom. The molecule has 1 aromatic heterocycles. The van der Waals surface area contributed by atoms with Gasteiger partial charge in [0, 0.05) is 6.42 Å². The topological polar surface area (TPSA) is 63.3 Å². The molecule has 0 fully saturated rings. The summed E-state index contributed by atoms with van der Waals surface area (Å²) in [4.78, 5) is 14.8. The lowest BCUT2D eigenvalue weighted by atomic mass is 10.1. The Hall–Kier alpha value is -1.32. The molecule has 0 aliphatic heterocycles. The zero-order chi connectivity index (χ0) is 10.0. The van der Waals surface area contributed by atoms with Crippen molar-refractivity contribution in [1.82, 2.24) is 4.98 Å². The molecule has 0 spiro atoms. The van der Waals surface area contributed by atoms with E-state index in [0.717, 1.165) is 0 Å². The lowest BCUT2D eigenvalue weighted by Crippen LogP contribution is -2.01. The quantitative estimate of drug-likeness (QED) is 0.779. The molecule has 4 heteroatoms. The van der Waals surface area contributed by atoms with Gasteiger partial charge in [-0.15, -0.1) is 0 Å². The number of carbonyl (C=O) groups is 1. The molecule has 13 heavy (non-hydrogen) atoms. The Balaban J connectivity index is 3.15. The summed E-state index contributed by atoms with van der Waals surface area (Å²) in [6.45, 7) is 5.66. The first-order valence-electron chi connectivity index (χ1n) is 4.29. The number of nitrogens with zero attached hydrogens (tertiary/aromatic N) is 1. The van der Waals surface area contributed by atoms with Crippen molar-refractivity contribution in [2.24, 2.45) is 0 Å². The Morgan fingerprint density at radius 2 is 2.23 bits per heavy atom. The first-order valence-corrected chi connectivity index (χ1v) is 4.29. The van der Waals surface area contributed by atoms with Crippen molar-refractivity contribution in [3.05, 3.63) is 17.3 Å². The fourth-order valence-corrected chi connectivity index (χ4v) is 1.07. The summed E-state index contributed by atoms with van der Waals surface area (Å²) < 4.78 is 5.08. The Labute approximate surface area is 76.6 Å². The number of carboxylic acids is 1. The molecule has 1 heterocycles. The molecule has 4 nitrogen and oxygen atoms in total. The second-order valence-corrected chi connectivity index (χ2v) is 3.14. The average Bonchev–Trinajstić information content (AvgIpc) is 2.47. The van der Waals surface area contributed by atoms with Gasteiger partial charge < -0.3 is 9.52 Å². The maximum atomic E-state index is 10.7. The fourth-order valence-electron chi connectivity index (χ4n) is 1.07. The number of hydrogen-bond donors (Lipinski definition) is 1. The fraction of sp³-hybridized carbons (Fsp3) is 0.556.